The maximum atomic E-state index is 12.1. The molecule has 4 heteroatoms. The zero-order valence-electron chi connectivity index (χ0n) is 9.71. The van der Waals surface area contributed by atoms with Gasteiger partial charge in [0.25, 0.3) is 0 Å². The molecule has 0 saturated heterocycles. The van der Waals surface area contributed by atoms with Crippen LogP contribution in [0.3, 0.4) is 0 Å². The van der Waals surface area contributed by atoms with Crippen molar-refractivity contribution < 1.29 is 14.3 Å². The van der Waals surface area contributed by atoms with E-state index in [9.17, 15) is 4.79 Å². The molecule has 0 aliphatic heterocycles. The van der Waals surface area contributed by atoms with Crippen LogP contribution in [0, 0.1) is 0 Å². The Labute approximate surface area is 99.2 Å². The Balaban J connectivity index is 2.52. The predicted octanol–water partition coefficient (Wildman–Crippen LogP) is 2.04. The highest BCUT2D eigenvalue weighted by molar-refractivity contribution is 6.08. The van der Waals surface area contributed by atoms with Gasteiger partial charge in [-0.15, -0.1) is 0 Å². The van der Waals surface area contributed by atoms with Crippen molar-refractivity contribution in [3.05, 3.63) is 42.1 Å². The van der Waals surface area contributed by atoms with E-state index in [0.29, 0.717) is 11.1 Å². The minimum atomic E-state index is -0.886. The molecule has 0 atom stereocenters. The van der Waals surface area contributed by atoms with Gasteiger partial charge in [0.15, 0.2) is 0 Å². The van der Waals surface area contributed by atoms with Crippen molar-refractivity contribution in [2.24, 2.45) is 0 Å². The second-order valence-corrected chi connectivity index (χ2v) is 3.55. The fourth-order valence-corrected chi connectivity index (χ4v) is 1.74. The molecule has 0 saturated carbocycles. The average Bonchev–Trinajstić information content (AvgIpc) is 2.39. The summed E-state index contributed by atoms with van der Waals surface area (Å²) in [6.07, 6.45) is 0.774. The first kappa shape index (κ1) is 11.7. The van der Waals surface area contributed by atoms with Crippen molar-refractivity contribution in [2.45, 2.75) is 6.29 Å². The fourth-order valence-electron chi connectivity index (χ4n) is 1.74. The molecule has 0 fully saturated rings. The summed E-state index contributed by atoms with van der Waals surface area (Å²) in [5.74, 6) is -0.223. The van der Waals surface area contributed by atoms with Crippen LogP contribution in [0.2, 0.25) is 0 Å². The van der Waals surface area contributed by atoms with E-state index < -0.39 is 6.29 Å². The predicted molar refractivity (Wildman–Crippen MR) is 63.9 cm³/mol. The van der Waals surface area contributed by atoms with E-state index in [1.165, 1.54) is 14.2 Å². The molecule has 17 heavy (non-hydrogen) atoms. The summed E-state index contributed by atoms with van der Waals surface area (Å²) in [6, 6.07) is 9.20. The number of carbonyl (C=O) groups excluding carboxylic acids is 1. The summed E-state index contributed by atoms with van der Waals surface area (Å²) in [5.41, 5.74) is 1.18. The van der Waals surface area contributed by atoms with E-state index in [2.05, 4.69) is 4.98 Å². The van der Waals surface area contributed by atoms with Crippen molar-refractivity contribution in [1.82, 2.24) is 4.98 Å². The number of carbonyl (C=O) groups is 1. The molecule has 2 rings (SSSR count). The van der Waals surface area contributed by atoms with Crippen molar-refractivity contribution in [1.29, 1.82) is 0 Å². The number of aromatic nitrogens is 1. The lowest BCUT2D eigenvalue weighted by Crippen LogP contribution is -2.25. The van der Waals surface area contributed by atoms with Crippen LogP contribution in [-0.2, 0) is 9.47 Å². The SMILES string of the molecule is COC(OC)C(=O)c1cccc2cccnc12. The quantitative estimate of drug-likeness (QED) is 0.596. The molecule has 4 nitrogen and oxygen atoms in total. The van der Waals surface area contributed by atoms with Crippen LogP contribution in [0.1, 0.15) is 10.4 Å². The fraction of sp³-hybridized carbons (Fsp3) is 0.231. The summed E-state index contributed by atoms with van der Waals surface area (Å²) in [6.45, 7) is 0. The van der Waals surface area contributed by atoms with E-state index >= 15 is 0 Å². The van der Waals surface area contributed by atoms with Crippen molar-refractivity contribution in [2.75, 3.05) is 14.2 Å². The Morgan fingerprint density at radius 3 is 2.59 bits per heavy atom. The van der Waals surface area contributed by atoms with Gasteiger partial charge in [0.1, 0.15) is 0 Å². The Kier molecular flexibility index (Phi) is 3.46. The molecular formula is C13H13NO3. The van der Waals surface area contributed by atoms with Crippen LogP contribution in [-0.4, -0.2) is 31.3 Å². The molecule has 2 aromatic rings. The van der Waals surface area contributed by atoms with E-state index in [4.69, 9.17) is 9.47 Å². The molecule has 1 aromatic heterocycles. The highest BCUT2D eigenvalue weighted by Gasteiger charge is 2.21. The average molecular weight is 231 g/mol. The van der Waals surface area contributed by atoms with Gasteiger partial charge in [0.2, 0.25) is 12.1 Å². The molecule has 0 unspecified atom stereocenters. The number of nitrogens with zero attached hydrogens (tertiary/aromatic N) is 1. The lowest BCUT2D eigenvalue weighted by molar-refractivity contribution is -0.0741. The molecule has 0 amide bonds. The minimum Gasteiger partial charge on any atom is -0.349 e. The van der Waals surface area contributed by atoms with E-state index in [1.807, 2.05) is 24.3 Å². The smallest absolute Gasteiger partial charge is 0.222 e. The van der Waals surface area contributed by atoms with Gasteiger partial charge in [-0.25, -0.2) is 0 Å². The van der Waals surface area contributed by atoms with E-state index in [-0.39, 0.29) is 5.78 Å². The summed E-state index contributed by atoms with van der Waals surface area (Å²) in [5, 5.41) is 0.921. The number of para-hydroxylation sites is 1. The topological polar surface area (TPSA) is 48.4 Å². The zero-order valence-corrected chi connectivity index (χ0v) is 9.71. The maximum Gasteiger partial charge on any atom is 0.222 e. The van der Waals surface area contributed by atoms with Gasteiger partial charge in [-0.05, 0) is 12.1 Å². The first-order valence-corrected chi connectivity index (χ1v) is 5.21. The maximum absolute atomic E-state index is 12.1. The van der Waals surface area contributed by atoms with Crippen LogP contribution < -0.4 is 0 Å². The highest BCUT2D eigenvalue weighted by atomic mass is 16.7. The number of benzene rings is 1. The van der Waals surface area contributed by atoms with Gasteiger partial charge in [-0.3, -0.25) is 9.78 Å². The molecule has 1 aromatic carbocycles. The van der Waals surface area contributed by atoms with Crippen LogP contribution in [0.25, 0.3) is 10.9 Å². The van der Waals surface area contributed by atoms with Crippen molar-refractivity contribution in [3.63, 3.8) is 0 Å². The second-order valence-electron chi connectivity index (χ2n) is 3.55. The Morgan fingerprint density at radius 1 is 1.18 bits per heavy atom. The van der Waals surface area contributed by atoms with Crippen molar-refractivity contribution >= 4 is 16.7 Å². The standard InChI is InChI=1S/C13H13NO3/c1-16-13(17-2)12(15)10-7-3-5-9-6-4-8-14-11(9)10/h3-8,13H,1-2H3. The third kappa shape index (κ3) is 2.18. The molecule has 0 spiro atoms. The lowest BCUT2D eigenvalue weighted by Gasteiger charge is -2.12. The number of methoxy groups -OCH3 is 2. The first-order valence-electron chi connectivity index (χ1n) is 5.21. The van der Waals surface area contributed by atoms with Crippen molar-refractivity contribution in [3.8, 4) is 0 Å². The number of hydrogen-bond donors (Lipinski definition) is 0. The van der Waals surface area contributed by atoms with Crippen LogP contribution in [0.5, 0.6) is 0 Å². The molecule has 0 N–H and O–H groups in total. The zero-order chi connectivity index (χ0) is 12.3. The third-order valence-electron chi connectivity index (χ3n) is 2.54. The second kappa shape index (κ2) is 5.03. The normalized spacial score (nSPS) is 11.0. The molecule has 88 valence electrons. The van der Waals surface area contributed by atoms with E-state index in [1.54, 1.807) is 12.3 Å². The monoisotopic (exact) mass is 231 g/mol. The van der Waals surface area contributed by atoms with Gasteiger partial charge in [-0.1, -0.05) is 18.2 Å². The number of fused-ring (bicyclic) bond motifs is 1. The third-order valence-corrected chi connectivity index (χ3v) is 2.54. The van der Waals surface area contributed by atoms with Crippen LogP contribution in [0.4, 0.5) is 0 Å². The summed E-state index contributed by atoms with van der Waals surface area (Å²) < 4.78 is 9.93. The summed E-state index contributed by atoms with van der Waals surface area (Å²) in [4.78, 5) is 16.4. The number of ketones is 1. The molecule has 0 aliphatic carbocycles. The number of Topliss-reactive ketones (excluding diaryl/α,β-unsaturated/α-hetero) is 1. The summed E-state index contributed by atoms with van der Waals surface area (Å²) >= 11 is 0. The Hall–Kier alpha value is -1.78. The van der Waals surface area contributed by atoms with Gasteiger partial charge in [0.05, 0.1) is 5.52 Å². The number of ether oxygens (including phenoxy) is 2. The number of pyridine rings is 1. The Morgan fingerprint density at radius 2 is 1.88 bits per heavy atom. The Bertz CT molecular complexity index is 530. The van der Waals surface area contributed by atoms with Crippen LogP contribution in [0.15, 0.2) is 36.5 Å². The molecule has 0 radical (unpaired) electrons. The van der Waals surface area contributed by atoms with Crippen LogP contribution >= 0.6 is 0 Å². The number of hydrogen-bond acceptors (Lipinski definition) is 4. The largest absolute Gasteiger partial charge is 0.349 e. The highest BCUT2D eigenvalue weighted by Crippen LogP contribution is 2.18. The number of rotatable bonds is 4. The first-order chi connectivity index (χ1) is 8.27. The van der Waals surface area contributed by atoms with Gasteiger partial charge in [0, 0.05) is 31.4 Å². The molecule has 0 bridgehead atoms. The van der Waals surface area contributed by atoms with Gasteiger partial charge in [-0.2, -0.15) is 0 Å². The van der Waals surface area contributed by atoms with E-state index in [0.717, 1.165) is 5.39 Å². The minimum absolute atomic E-state index is 0.223. The lowest BCUT2D eigenvalue weighted by atomic mass is 10.1. The molecule has 0 aliphatic rings. The molecular weight excluding hydrogens is 218 g/mol. The summed E-state index contributed by atoms with van der Waals surface area (Å²) in [7, 11) is 2.87. The molecule has 1 heterocycles. The van der Waals surface area contributed by atoms with Gasteiger partial charge >= 0.3 is 0 Å². The van der Waals surface area contributed by atoms with Gasteiger partial charge < -0.3 is 9.47 Å².